The SMILES string of the molecule is CCOC(=O)c1c(C)[nH]c(C(=O)C(=O)N2C[C@@H](C)O[C@H](C)C2)c1-c1ccccc1. The average Bonchev–Trinajstić information content (AvgIpc) is 3.04. The fraction of sp³-hybridized carbons (Fsp3) is 0.409. The summed E-state index contributed by atoms with van der Waals surface area (Å²) in [6.07, 6.45) is -0.297. The van der Waals surface area contributed by atoms with E-state index in [0.29, 0.717) is 29.9 Å². The van der Waals surface area contributed by atoms with E-state index >= 15 is 0 Å². The quantitative estimate of drug-likeness (QED) is 0.475. The highest BCUT2D eigenvalue weighted by atomic mass is 16.5. The number of ketones is 1. The van der Waals surface area contributed by atoms with Crippen molar-refractivity contribution in [3.63, 3.8) is 0 Å². The zero-order chi connectivity index (χ0) is 21.1. The van der Waals surface area contributed by atoms with Gasteiger partial charge in [-0.15, -0.1) is 0 Å². The molecule has 1 aliphatic heterocycles. The van der Waals surface area contributed by atoms with Gasteiger partial charge in [-0.3, -0.25) is 9.59 Å². The van der Waals surface area contributed by atoms with Crippen molar-refractivity contribution in [2.75, 3.05) is 19.7 Å². The molecule has 0 spiro atoms. The number of H-pyrrole nitrogens is 1. The Morgan fingerprint density at radius 1 is 1.14 bits per heavy atom. The van der Waals surface area contributed by atoms with Crippen LogP contribution in [0.15, 0.2) is 30.3 Å². The molecule has 0 saturated carbocycles. The molecule has 2 atom stereocenters. The van der Waals surface area contributed by atoms with Gasteiger partial charge < -0.3 is 19.4 Å². The van der Waals surface area contributed by atoms with Gasteiger partial charge in [0.15, 0.2) is 0 Å². The Morgan fingerprint density at radius 2 is 1.76 bits per heavy atom. The summed E-state index contributed by atoms with van der Waals surface area (Å²) in [4.78, 5) is 43.2. The van der Waals surface area contributed by atoms with Crippen molar-refractivity contribution in [3.05, 3.63) is 47.3 Å². The Bertz CT molecular complexity index is 909. The molecule has 1 N–H and O–H groups in total. The molecule has 1 aromatic carbocycles. The molecule has 2 heterocycles. The minimum atomic E-state index is -0.677. The molecule has 154 valence electrons. The summed E-state index contributed by atoms with van der Waals surface area (Å²) in [5.41, 5.74) is 1.93. The van der Waals surface area contributed by atoms with Crippen LogP contribution in [0, 0.1) is 6.92 Å². The fourth-order valence-corrected chi connectivity index (χ4v) is 3.74. The van der Waals surface area contributed by atoms with E-state index in [0.717, 1.165) is 0 Å². The van der Waals surface area contributed by atoms with Gasteiger partial charge in [-0.1, -0.05) is 30.3 Å². The maximum atomic E-state index is 13.2. The summed E-state index contributed by atoms with van der Waals surface area (Å²) in [6, 6.07) is 9.06. The molecule has 29 heavy (non-hydrogen) atoms. The highest BCUT2D eigenvalue weighted by molar-refractivity contribution is 6.43. The van der Waals surface area contributed by atoms with Crippen molar-refractivity contribution in [2.24, 2.45) is 0 Å². The molecule has 7 heteroatoms. The number of carbonyl (C=O) groups is 3. The van der Waals surface area contributed by atoms with Crippen LogP contribution in [0.4, 0.5) is 0 Å². The fourth-order valence-electron chi connectivity index (χ4n) is 3.74. The van der Waals surface area contributed by atoms with E-state index in [1.165, 1.54) is 4.90 Å². The molecular formula is C22H26N2O5. The maximum Gasteiger partial charge on any atom is 0.340 e. The van der Waals surface area contributed by atoms with Crippen molar-refractivity contribution >= 4 is 17.7 Å². The Labute approximate surface area is 170 Å². The molecule has 0 aliphatic carbocycles. The van der Waals surface area contributed by atoms with Crippen molar-refractivity contribution in [2.45, 2.75) is 39.9 Å². The van der Waals surface area contributed by atoms with Crippen LogP contribution in [0.3, 0.4) is 0 Å². The summed E-state index contributed by atoms with van der Waals surface area (Å²) in [6.45, 7) is 8.06. The van der Waals surface area contributed by atoms with Gasteiger partial charge in [0.1, 0.15) is 5.69 Å². The number of carbonyl (C=O) groups excluding carboxylic acids is 3. The van der Waals surface area contributed by atoms with Crippen molar-refractivity contribution < 1.29 is 23.9 Å². The molecule has 0 unspecified atom stereocenters. The lowest BCUT2D eigenvalue weighted by molar-refractivity contribution is -0.138. The van der Waals surface area contributed by atoms with Crippen LogP contribution in [0.2, 0.25) is 0 Å². The van der Waals surface area contributed by atoms with Crippen LogP contribution in [-0.4, -0.2) is 59.4 Å². The molecule has 1 amide bonds. The first-order valence-electron chi connectivity index (χ1n) is 9.77. The van der Waals surface area contributed by atoms with Crippen LogP contribution in [0.5, 0.6) is 0 Å². The highest BCUT2D eigenvalue weighted by Gasteiger charge is 2.34. The lowest BCUT2D eigenvalue weighted by Gasteiger charge is -2.34. The number of hydrogen-bond donors (Lipinski definition) is 1. The number of aromatic amines is 1. The van der Waals surface area contributed by atoms with E-state index in [1.807, 2.05) is 32.0 Å². The number of Topliss-reactive ketones (excluding diaryl/α,β-unsaturated/α-hetero) is 1. The lowest BCUT2D eigenvalue weighted by Crippen LogP contribution is -2.50. The number of hydrogen-bond acceptors (Lipinski definition) is 5. The Morgan fingerprint density at radius 3 is 2.34 bits per heavy atom. The highest BCUT2D eigenvalue weighted by Crippen LogP contribution is 2.32. The van der Waals surface area contributed by atoms with Crippen LogP contribution in [-0.2, 0) is 14.3 Å². The number of morpholine rings is 1. The largest absolute Gasteiger partial charge is 0.462 e. The van der Waals surface area contributed by atoms with E-state index in [2.05, 4.69) is 4.98 Å². The number of rotatable bonds is 5. The van der Waals surface area contributed by atoms with E-state index in [9.17, 15) is 14.4 Å². The normalized spacial score (nSPS) is 19.1. The van der Waals surface area contributed by atoms with Gasteiger partial charge in [0.2, 0.25) is 0 Å². The third-order valence-electron chi connectivity index (χ3n) is 4.86. The topological polar surface area (TPSA) is 88.7 Å². The smallest absolute Gasteiger partial charge is 0.340 e. The number of aromatic nitrogens is 1. The summed E-state index contributed by atoms with van der Waals surface area (Å²) >= 11 is 0. The van der Waals surface area contributed by atoms with Crippen LogP contribution >= 0.6 is 0 Å². The molecule has 1 fully saturated rings. The standard InChI is InChI=1S/C22H26N2O5/c1-5-28-22(27)17-15(4)23-19(18(17)16-9-7-6-8-10-16)20(25)21(26)24-11-13(2)29-14(3)12-24/h6-10,13-14,23H,5,11-12H2,1-4H3/t13-,14-/m1/s1. The molecule has 2 aromatic rings. The van der Waals surface area contributed by atoms with E-state index in [1.54, 1.807) is 26.0 Å². The van der Waals surface area contributed by atoms with E-state index < -0.39 is 17.7 Å². The minimum absolute atomic E-state index is 0.105. The molecular weight excluding hydrogens is 372 g/mol. The molecule has 1 saturated heterocycles. The number of aryl methyl sites for hydroxylation is 1. The number of ether oxygens (including phenoxy) is 2. The first-order valence-corrected chi connectivity index (χ1v) is 9.77. The first kappa shape index (κ1) is 20.8. The van der Waals surface area contributed by atoms with E-state index in [-0.39, 0.29) is 30.1 Å². The Kier molecular flexibility index (Phi) is 6.17. The molecule has 3 rings (SSSR count). The van der Waals surface area contributed by atoms with Gasteiger partial charge in [-0.05, 0) is 33.3 Å². The lowest BCUT2D eigenvalue weighted by atomic mass is 9.98. The molecule has 1 aliphatic rings. The molecule has 0 bridgehead atoms. The number of nitrogens with zero attached hydrogens (tertiary/aromatic N) is 1. The zero-order valence-corrected chi connectivity index (χ0v) is 17.2. The van der Waals surface area contributed by atoms with Crippen LogP contribution in [0.25, 0.3) is 11.1 Å². The zero-order valence-electron chi connectivity index (χ0n) is 17.2. The predicted octanol–water partition coefficient (Wildman–Crippen LogP) is 2.99. The van der Waals surface area contributed by atoms with Crippen LogP contribution < -0.4 is 0 Å². The van der Waals surface area contributed by atoms with E-state index in [4.69, 9.17) is 9.47 Å². The number of amides is 1. The van der Waals surface area contributed by atoms with Crippen molar-refractivity contribution in [3.8, 4) is 11.1 Å². The van der Waals surface area contributed by atoms with Gasteiger partial charge in [-0.25, -0.2) is 4.79 Å². The Hall–Kier alpha value is -2.93. The monoisotopic (exact) mass is 398 g/mol. The van der Waals surface area contributed by atoms with Crippen molar-refractivity contribution in [1.29, 1.82) is 0 Å². The molecule has 1 aromatic heterocycles. The summed E-state index contributed by atoms with van der Waals surface area (Å²) < 4.78 is 10.8. The van der Waals surface area contributed by atoms with Gasteiger partial charge >= 0.3 is 5.97 Å². The number of nitrogens with one attached hydrogen (secondary N) is 1. The molecule has 0 radical (unpaired) electrons. The van der Waals surface area contributed by atoms with Crippen molar-refractivity contribution in [1.82, 2.24) is 9.88 Å². The second-order valence-corrected chi connectivity index (χ2v) is 7.26. The van der Waals surface area contributed by atoms with Crippen LogP contribution in [0.1, 0.15) is 47.3 Å². The minimum Gasteiger partial charge on any atom is -0.462 e. The summed E-state index contributed by atoms with van der Waals surface area (Å²) in [5, 5.41) is 0. The Balaban J connectivity index is 2.04. The third kappa shape index (κ3) is 4.24. The number of benzene rings is 1. The molecule has 7 nitrogen and oxygen atoms in total. The number of esters is 1. The predicted molar refractivity (Wildman–Crippen MR) is 108 cm³/mol. The van der Waals surface area contributed by atoms with Gasteiger partial charge in [-0.2, -0.15) is 0 Å². The summed E-state index contributed by atoms with van der Waals surface area (Å²) in [7, 11) is 0. The summed E-state index contributed by atoms with van der Waals surface area (Å²) in [5.74, 6) is -1.81. The van der Waals surface area contributed by atoms with Gasteiger partial charge in [0.25, 0.3) is 11.7 Å². The third-order valence-corrected chi connectivity index (χ3v) is 4.86. The maximum absolute atomic E-state index is 13.2. The van der Waals surface area contributed by atoms with Gasteiger partial charge in [0, 0.05) is 24.3 Å². The average molecular weight is 398 g/mol. The second kappa shape index (κ2) is 8.61. The van der Waals surface area contributed by atoms with Gasteiger partial charge in [0.05, 0.1) is 24.4 Å². The second-order valence-electron chi connectivity index (χ2n) is 7.26. The first-order chi connectivity index (χ1) is 13.8.